The predicted octanol–water partition coefficient (Wildman–Crippen LogP) is 2.28. The Morgan fingerprint density at radius 1 is 1.31 bits per heavy atom. The van der Waals surface area contributed by atoms with Crippen molar-refractivity contribution in [1.29, 1.82) is 0 Å². The van der Waals surface area contributed by atoms with Gasteiger partial charge in [-0.05, 0) is 24.6 Å². The second kappa shape index (κ2) is 5.14. The van der Waals surface area contributed by atoms with Gasteiger partial charge in [-0.2, -0.15) is 0 Å². The van der Waals surface area contributed by atoms with E-state index >= 15 is 0 Å². The highest BCUT2D eigenvalue weighted by atomic mass is 32.1. The minimum Gasteiger partial charge on any atom is -0.306 e. The number of halogens is 1. The van der Waals surface area contributed by atoms with Crippen molar-refractivity contribution in [3.63, 3.8) is 0 Å². The predicted molar refractivity (Wildman–Crippen MR) is 61.6 cm³/mol. The number of benzene rings is 1. The van der Waals surface area contributed by atoms with Crippen LogP contribution in [-0.2, 0) is 13.1 Å². The normalized spacial score (nSPS) is 10.6. The molecule has 84 valence electrons. The van der Waals surface area contributed by atoms with Gasteiger partial charge in [0, 0.05) is 13.1 Å². The highest BCUT2D eigenvalue weighted by molar-refractivity contribution is 7.11. The van der Waals surface area contributed by atoms with E-state index in [2.05, 4.69) is 15.5 Å². The molecule has 5 heteroatoms. The van der Waals surface area contributed by atoms with Crippen molar-refractivity contribution in [2.24, 2.45) is 0 Å². The van der Waals surface area contributed by atoms with Crippen molar-refractivity contribution in [2.75, 3.05) is 0 Å². The van der Waals surface area contributed by atoms with Crippen LogP contribution in [0.25, 0.3) is 0 Å². The summed E-state index contributed by atoms with van der Waals surface area (Å²) in [5.41, 5.74) is 0.932. The first-order chi connectivity index (χ1) is 7.74. The Hall–Kier alpha value is -1.33. The molecule has 3 nitrogen and oxygen atoms in total. The second-order valence-corrected chi connectivity index (χ2v) is 4.71. The zero-order chi connectivity index (χ0) is 11.4. The molecule has 0 fully saturated rings. The number of rotatable bonds is 4. The molecule has 16 heavy (non-hydrogen) atoms. The van der Waals surface area contributed by atoms with Crippen molar-refractivity contribution in [2.45, 2.75) is 20.0 Å². The Bertz CT molecular complexity index is 470. The molecule has 1 aromatic heterocycles. The van der Waals surface area contributed by atoms with E-state index in [1.165, 1.54) is 12.1 Å². The summed E-state index contributed by atoms with van der Waals surface area (Å²) in [6, 6.07) is 6.57. The molecule has 1 N–H and O–H groups in total. The Balaban J connectivity index is 1.84. The summed E-state index contributed by atoms with van der Waals surface area (Å²) in [5, 5.41) is 13.0. The SMILES string of the molecule is Cc1nnc(CNCc2cccc(F)c2)s1. The first kappa shape index (κ1) is 11.2. The third kappa shape index (κ3) is 3.08. The fourth-order valence-electron chi connectivity index (χ4n) is 1.37. The maximum atomic E-state index is 12.9. The summed E-state index contributed by atoms with van der Waals surface area (Å²) in [7, 11) is 0. The maximum Gasteiger partial charge on any atom is 0.131 e. The van der Waals surface area contributed by atoms with E-state index in [0.717, 1.165) is 15.6 Å². The minimum atomic E-state index is -0.203. The number of aryl methyl sites for hydroxylation is 1. The van der Waals surface area contributed by atoms with Crippen LogP contribution in [0.3, 0.4) is 0 Å². The lowest BCUT2D eigenvalue weighted by Gasteiger charge is -2.02. The molecule has 2 rings (SSSR count). The Morgan fingerprint density at radius 2 is 2.19 bits per heavy atom. The van der Waals surface area contributed by atoms with E-state index in [-0.39, 0.29) is 5.82 Å². The number of aromatic nitrogens is 2. The topological polar surface area (TPSA) is 37.8 Å². The Kier molecular flexibility index (Phi) is 3.58. The third-order valence-corrected chi connectivity index (χ3v) is 2.90. The van der Waals surface area contributed by atoms with Gasteiger partial charge in [-0.1, -0.05) is 12.1 Å². The standard InChI is InChI=1S/C11H12FN3S/c1-8-14-15-11(16-8)7-13-6-9-3-2-4-10(12)5-9/h2-5,13H,6-7H2,1H3. The highest BCUT2D eigenvalue weighted by Crippen LogP contribution is 2.08. The Morgan fingerprint density at radius 3 is 2.88 bits per heavy atom. The molecule has 0 amide bonds. The summed E-state index contributed by atoms with van der Waals surface area (Å²) >= 11 is 1.57. The molecule has 0 aliphatic carbocycles. The number of hydrogen-bond acceptors (Lipinski definition) is 4. The molecule has 0 bridgehead atoms. The van der Waals surface area contributed by atoms with Gasteiger partial charge in [0.15, 0.2) is 0 Å². The molecule has 0 saturated carbocycles. The van der Waals surface area contributed by atoms with Crippen LogP contribution in [0.4, 0.5) is 4.39 Å². The lowest BCUT2D eigenvalue weighted by atomic mass is 10.2. The van der Waals surface area contributed by atoms with Gasteiger partial charge in [-0.25, -0.2) is 4.39 Å². The average molecular weight is 237 g/mol. The molecular formula is C11H12FN3S. The largest absolute Gasteiger partial charge is 0.306 e. The maximum absolute atomic E-state index is 12.9. The molecule has 0 saturated heterocycles. The van der Waals surface area contributed by atoms with Crippen LogP contribution in [0.5, 0.6) is 0 Å². The van der Waals surface area contributed by atoms with E-state index in [1.807, 2.05) is 13.0 Å². The summed E-state index contributed by atoms with van der Waals surface area (Å²) in [4.78, 5) is 0. The summed E-state index contributed by atoms with van der Waals surface area (Å²) in [5.74, 6) is -0.203. The molecule has 0 aliphatic heterocycles. The second-order valence-electron chi connectivity index (χ2n) is 3.45. The zero-order valence-electron chi connectivity index (χ0n) is 8.90. The van der Waals surface area contributed by atoms with Crippen LogP contribution in [0, 0.1) is 12.7 Å². The lowest BCUT2D eigenvalue weighted by Crippen LogP contribution is -2.12. The van der Waals surface area contributed by atoms with Crippen molar-refractivity contribution in [3.05, 3.63) is 45.7 Å². The average Bonchev–Trinajstić information content (AvgIpc) is 2.64. The third-order valence-electron chi connectivity index (χ3n) is 2.06. The summed E-state index contributed by atoms with van der Waals surface area (Å²) in [6.45, 7) is 3.23. The van der Waals surface area contributed by atoms with Crippen molar-refractivity contribution in [3.8, 4) is 0 Å². The van der Waals surface area contributed by atoms with Gasteiger partial charge in [0.1, 0.15) is 15.8 Å². The summed E-state index contributed by atoms with van der Waals surface area (Å²) in [6.07, 6.45) is 0. The van der Waals surface area contributed by atoms with Gasteiger partial charge >= 0.3 is 0 Å². The van der Waals surface area contributed by atoms with Crippen molar-refractivity contribution >= 4 is 11.3 Å². The molecule has 1 heterocycles. The molecule has 0 atom stereocenters. The zero-order valence-corrected chi connectivity index (χ0v) is 9.72. The number of hydrogen-bond donors (Lipinski definition) is 1. The van der Waals surface area contributed by atoms with Gasteiger partial charge in [-0.3, -0.25) is 0 Å². The van der Waals surface area contributed by atoms with Crippen molar-refractivity contribution in [1.82, 2.24) is 15.5 Å². The van der Waals surface area contributed by atoms with Gasteiger partial charge in [0.05, 0.1) is 0 Å². The van der Waals surface area contributed by atoms with Crippen LogP contribution in [0.15, 0.2) is 24.3 Å². The fraction of sp³-hybridized carbons (Fsp3) is 0.273. The monoisotopic (exact) mass is 237 g/mol. The smallest absolute Gasteiger partial charge is 0.131 e. The van der Waals surface area contributed by atoms with E-state index < -0.39 is 0 Å². The number of nitrogens with zero attached hydrogens (tertiary/aromatic N) is 2. The first-order valence-corrected chi connectivity index (χ1v) is 5.80. The minimum absolute atomic E-state index is 0.203. The van der Waals surface area contributed by atoms with Crippen LogP contribution >= 0.6 is 11.3 Å². The van der Waals surface area contributed by atoms with Crippen molar-refractivity contribution < 1.29 is 4.39 Å². The van der Waals surface area contributed by atoms with E-state index in [4.69, 9.17) is 0 Å². The van der Waals surface area contributed by atoms with Crippen LogP contribution in [0.1, 0.15) is 15.6 Å². The van der Waals surface area contributed by atoms with Gasteiger partial charge in [-0.15, -0.1) is 21.5 Å². The molecule has 2 aromatic rings. The van der Waals surface area contributed by atoms with Crippen LogP contribution < -0.4 is 5.32 Å². The summed E-state index contributed by atoms with van der Waals surface area (Å²) < 4.78 is 12.9. The van der Waals surface area contributed by atoms with Crippen LogP contribution in [-0.4, -0.2) is 10.2 Å². The molecule has 0 radical (unpaired) electrons. The lowest BCUT2D eigenvalue weighted by molar-refractivity contribution is 0.619. The molecule has 0 unspecified atom stereocenters. The Labute approximate surface area is 97.3 Å². The molecule has 0 spiro atoms. The van der Waals surface area contributed by atoms with Gasteiger partial charge < -0.3 is 5.32 Å². The molecule has 1 aromatic carbocycles. The van der Waals surface area contributed by atoms with E-state index in [0.29, 0.717) is 13.1 Å². The number of nitrogens with one attached hydrogen (secondary N) is 1. The fourth-order valence-corrected chi connectivity index (χ4v) is 2.05. The van der Waals surface area contributed by atoms with E-state index in [9.17, 15) is 4.39 Å². The quantitative estimate of drug-likeness (QED) is 0.886. The molecule has 0 aliphatic rings. The van der Waals surface area contributed by atoms with Crippen LogP contribution in [0.2, 0.25) is 0 Å². The highest BCUT2D eigenvalue weighted by Gasteiger charge is 2.00. The first-order valence-electron chi connectivity index (χ1n) is 4.98. The van der Waals surface area contributed by atoms with Gasteiger partial charge in [0.25, 0.3) is 0 Å². The van der Waals surface area contributed by atoms with E-state index in [1.54, 1.807) is 17.4 Å². The van der Waals surface area contributed by atoms with Gasteiger partial charge in [0.2, 0.25) is 0 Å². The molecular weight excluding hydrogens is 225 g/mol.